The van der Waals surface area contributed by atoms with E-state index in [0.29, 0.717) is 46.6 Å². The molecule has 2 aromatic carbocycles. The smallest absolute Gasteiger partial charge is 0.310 e. The molecule has 3 aliphatic carbocycles. The van der Waals surface area contributed by atoms with Crippen molar-refractivity contribution in [3.63, 3.8) is 0 Å². The Labute approximate surface area is 320 Å². The molecule has 11 nitrogen and oxygen atoms in total. The lowest BCUT2D eigenvalue weighted by molar-refractivity contribution is -0.175. The molecule has 11 heteroatoms. The monoisotopic (exact) mass is 748 g/mol. The summed E-state index contributed by atoms with van der Waals surface area (Å²) < 4.78 is 29.8. The van der Waals surface area contributed by atoms with Crippen LogP contribution in [-0.4, -0.2) is 106 Å². The van der Waals surface area contributed by atoms with Gasteiger partial charge in [0.1, 0.15) is 12.2 Å². The van der Waals surface area contributed by atoms with E-state index in [1.165, 1.54) is 21.3 Å². The Hall–Kier alpha value is -3.70. The number of nitrogens with zero attached hydrogens (tertiary/aromatic N) is 2. The first kappa shape index (κ1) is 38.6. The van der Waals surface area contributed by atoms with Gasteiger partial charge in [0.25, 0.3) is 0 Å². The molecule has 5 aliphatic rings. The average molecular weight is 749 g/mol. The fourth-order valence-corrected chi connectivity index (χ4v) is 11.6. The third kappa shape index (κ3) is 6.67. The molecule has 2 heterocycles. The number of piperidine rings is 2. The van der Waals surface area contributed by atoms with E-state index in [2.05, 4.69) is 51.6 Å². The number of aromatic hydroxyl groups is 2. The summed E-state index contributed by atoms with van der Waals surface area (Å²) in [6.07, 6.45) is 1.11. The second-order valence-corrected chi connectivity index (χ2v) is 17.5. The maximum Gasteiger partial charge on any atom is 0.310 e. The van der Waals surface area contributed by atoms with Crippen LogP contribution in [0.15, 0.2) is 30.3 Å². The van der Waals surface area contributed by atoms with Crippen molar-refractivity contribution in [1.82, 2.24) is 9.80 Å². The Morgan fingerprint density at radius 1 is 0.611 bits per heavy atom. The Balaban J connectivity index is 1.27. The summed E-state index contributed by atoms with van der Waals surface area (Å²) in [7, 11) is 8.72. The molecule has 0 amide bonds. The predicted molar refractivity (Wildman–Crippen MR) is 203 cm³/mol. The maximum atomic E-state index is 14.9. The molecular weight excluding hydrogens is 688 g/mol. The Morgan fingerprint density at radius 3 is 1.48 bits per heavy atom. The van der Waals surface area contributed by atoms with Gasteiger partial charge in [0.05, 0.1) is 33.2 Å². The lowest BCUT2D eigenvalue weighted by Gasteiger charge is -2.50. The molecule has 2 aliphatic heterocycles. The summed E-state index contributed by atoms with van der Waals surface area (Å²) >= 11 is 0. The number of esters is 2. The molecule has 7 rings (SSSR count). The first-order chi connectivity index (χ1) is 25.8. The van der Waals surface area contributed by atoms with Crippen molar-refractivity contribution in [3.05, 3.63) is 41.5 Å². The minimum atomic E-state index is -0.789. The molecule has 12 atom stereocenters. The van der Waals surface area contributed by atoms with E-state index in [0.717, 1.165) is 39.0 Å². The zero-order valence-electron chi connectivity index (χ0n) is 33.4. The molecule has 0 aromatic heterocycles. The zero-order chi connectivity index (χ0) is 38.7. The van der Waals surface area contributed by atoms with E-state index in [1.54, 1.807) is 30.3 Å². The SMILES string of the molecule is COc1cc(C2[C@@H](C(=O)O[C@@H]3C[C@@H]4[C@@H](CN(C)C[C@@H]4C)[C@@H]3C)C(c3cc(OC)c(O)c(OC)c3)[C@@H]2C(=O)O[C@@H]2C[C@@H]3[C@@H](CN(C)C[C@@H]3C)[C@@H]2C)ccc1O. The number of benzene rings is 2. The summed E-state index contributed by atoms with van der Waals surface area (Å²) in [5, 5.41) is 21.5. The number of phenolic OH excluding ortho intramolecular Hbond substituents is 2. The van der Waals surface area contributed by atoms with Crippen molar-refractivity contribution >= 4 is 11.9 Å². The van der Waals surface area contributed by atoms with Gasteiger partial charge in [-0.2, -0.15) is 0 Å². The maximum absolute atomic E-state index is 14.9. The average Bonchev–Trinajstić information content (AvgIpc) is 3.60. The van der Waals surface area contributed by atoms with Crippen molar-refractivity contribution in [3.8, 4) is 28.7 Å². The number of methoxy groups -OCH3 is 3. The van der Waals surface area contributed by atoms with Crippen molar-refractivity contribution in [2.75, 3.05) is 61.6 Å². The summed E-state index contributed by atoms with van der Waals surface area (Å²) in [5.41, 5.74) is 1.29. The zero-order valence-corrected chi connectivity index (χ0v) is 33.4. The Kier molecular flexibility index (Phi) is 10.8. The number of phenols is 2. The molecule has 296 valence electrons. The first-order valence-corrected chi connectivity index (χ1v) is 19.9. The van der Waals surface area contributed by atoms with E-state index >= 15 is 0 Å². The first-order valence-electron chi connectivity index (χ1n) is 19.9. The summed E-state index contributed by atoms with van der Waals surface area (Å²) in [4.78, 5) is 34.5. The van der Waals surface area contributed by atoms with Crippen LogP contribution < -0.4 is 14.2 Å². The van der Waals surface area contributed by atoms with Gasteiger partial charge in [0, 0.05) is 38.0 Å². The number of fused-ring (bicyclic) bond motifs is 2. The molecule has 54 heavy (non-hydrogen) atoms. The van der Waals surface area contributed by atoms with E-state index in [9.17, 15) is 19.8 Å². The summed E-state index contributed by atoms with van der Waals surface area (Å²) in [6.45, 7) is 13.0. The van der Waals surface area contributed by atoms with Crippen LogP contribution in [0.3, 0.4) is 0 Å². The fraction of sp³-hybridized carbons (Fsp3) is 0.674. The number of hydrogen-bond acceptors (Lipinski definition) is 11. The Morgan fingerprint density at radius 2 is 1.04 bits per heavy atom. The fourth-order valence-electron chi connectivity index (χ4n) is 11.6. The van der Waals surface area contributed by atoms with Gasteiger partial charge in [0.15, 0.2) is 23.0 Å². The van der Waals surface area contributed by atoms with Gasteiger partial charge in [-0.1, -0.05) is 33.8 Å². The summed E-state index contributed by atoms with van der Waals surface area (Å²) in [5.74, 6) is -0.0848. The van der Waals surface area contributed by atoms with Gasteiger partial charge in [-0.15, -0.1) is 0 Å². The minimum absolute atomic E-state index is 0.0358. The number of rotatable bonds is 9. The summed E-state index contributed by atoms with van der Waals surface area (Å²) in [6, 6.07) is 8.38. The van der Waals surface area contributed by atoms with Crippen LogP contribution >= 0.6 is 0 Å². The highest BCUT2D eigenvalue weighted by Gasteiger charge is 2.61. The highest BCUT2D eigenvalue weighted by Crippen LogP contribution is 2.61. The van der Waals surface area contributed by atoms with Crippen LogP contribution in [0, 0.1) is 59.2 Å². The largest absolute Gasteiger partial charge is 0.504 e. The van der Waals surface area contributed by atoms with Crippen molar-refractivity contribution in [2.24, 2.45) is 59.2 Å². The van der Waals surface area contributed by atoms with Gasteiger partial charge in [-0.25, -0.2) is 0 Å². The van der Waals surface area contributed by atoms with E-state index in [1.807, 2.05) is 0 Å². The second kappa shape index (κ2) is 15.1. The molecule has 2 saturated heterocycles. The normalized spacial score (nSPS) is 37.8. The number of ether oxygens (including phenoxy) is 5. The van der Waals surface area contributed by atoms with Crippen LogP contribution in [0.1, 0.15) is 63.5 Å². The lowest BCUT2D eigenvalue weighted by Crippen LogP contribution is -2.53. The van der Waals surface area contributed by atoms with Gasteiger partial charge < -0.3 is 43.7 Å². The molecule has 2 N–H and O–H groups in total. The van der Waals surface area contributed by atoms with E-state index < -0.39 is 23.7 Å². The third-order valence-electron chi connectivity index (χ3n) is 14.4. The molecule has 0 radical (unpaired) electrons. The van der Waals surface area contributed by atoms with Crippen LogP contribution in [-0.2, 0) is 19.1 Å². The molecule has 0 unspecified atom stereocenters. The number of likely N-dealkylation sites (tertiary alicyclic amines) is 2. The van der Waals surface area contributed by atoms with Gasteiger partial charge in [0.2, 0.25) is 5.75 Å². The van der Waals surface area contributed by atoms with Crippen LogP contribution in [0.4, 0.5) is 0 Å². The van der Waals surface area contributed by atoms with Crippen LogP contribution in [0.25, 0.3) is 0 Å². The molecule has 0 bridgehead atoms. The van der Waals surface area contributed by atoms with Crippen molar-refractivity contribution in [1.29, 1.82) is 0 Å². The van der Waals surface area contributed by atoms with Crippen LogP contribution in [0.2, 0.25) is 0 Å². The van der Waals surface area contributed by atoms with Crippen molar-refractivity contribution < 1.29 is 43.5 Å². The quantitative estimate of drug-likeness (QED) is 0.304. The lowest BCUT2D eigenvalue weighted by atomic mass is 9.52. The highest BCUT2D eigenvalue weighted by molar-refractivity contribution is 5.86. The van der Waals surface area contributed by atoms with Gasteiger partial charge in [-0.05, 0) is 110 Å². The van der Waals surface area contributed by atoms with Gasteiger partial charge in [-0.3, -0.25) is 9.59 Å². The third-order valence-corrected chi connectivity index (χ3v) is 14.4. The molecular formula is C43H60N2O9. The standard InChI is InChI=1S/C43H60N2O9/c1-21-17-44(5)19-29-23(3)32(15-27(21)29)53-42(48)39-37(25-10-11-31(46)34(12-25)50-7)40(38(39)26-13-35(51-8)41(47)36(14-26)52-9)43(49)54-33-16-28-22(2)18-45(6)20-30(28)24(33)4/h10-14,21-24,27-30,32-33,37-40,46-47H,15-20H2,1-9H3/t21-,22-,23-,24-,27-,28-,29-,30-,32+,33+,37?,38?,39+,40+/m0/s1. The molecule has 0 spiro atoms. The Bertz CT molecular complexity index is 1630. The van der Waals surface area contributed by atoms with Crippen LogP contribution in [0.5, 0.6) is 28.7 Å². The van der Waals surface area contributed by atoms with Crippen molar-refractivity contribution in [2.45, 2.75) is 64.6 Å². The topological polar surface area (TPSA) is 127 Å². The number of carbonyl (C=O) groups is 2. The second-order valence-electron chi connectivity index (χ2n) is 17.5. The van der Waals surface area contributed by atoms with E-state index in [4.69, 9.17) is 23.7 Å². The van der Waals surface area contributed by atoms with Gasteiger partial charge >= 0.3 is 11.9 Å². The predicted octanol–water partition coefficient (Wildman–Crippen LogP) is 5.77. The number of hydrogen-bond donors (Lipinski definition) is 2. The molecule has 5 fully saturated rings. The number of carbonyl (C=O) groups excluding carboxylic acids is 2. The molecule has 2 aromatic rings. The highest BCUT2D eigenvalue weighted by atomic mass is 16.6. The van der Waals surface area contributed by atoms with E-state index in [-0.39, 0.29) is 64.7 Å². The molecule has 3 saturated carbocycles. The minimum Gasteiger partial charge on any atom is -0.504 e.